The van der Waals surface area contributed by atoms with Crippen LogP contribution >= 0.6 is 0 Å². The van der Waals surface area contributed by atoms with E-state index in [4.69, 9.17) is 9.47 Å². The minimum atomic E-state index is -0.819. The third kappa shape index (κ3) is 3.06. The van der Waals surface area contributed by atoms with Crippen LogP contribution in [0.25, 0.3) is 0 Å². The van der Waals surface area contributed by atoms with Crippen molar-refractivity contribution in [2.75, 3.05) is 13.2 Å². The minimum absolute atomic E-state index is 0.256. The first kappa shape index (κ1) is 17.5. The summed E-state index contributed by atoms with van der Waals surface area (Å²) in [6, 6.07) is 5.73. The number of aromatic hydroxyl groups is 1. The molecule has 8 nitrogen and oxygen atoms in total. The van der Waals surface area contributed by atoms with E-state index in [0.717, 1.165) is 23.3 Å². The monoisotopic (exact) mass is 371 g/mol. The van der Waals surface area contributed by atoms with E-state index < -0.39 is 22.8 Å². The number of carbonyl (C=O) groups excluding carboxylic acids is 1. The molecule has 0 spiro atoms. The Kier molecular flexibility index (Phi) is 4.15. The van der Waals surface area contributed by atoms with Crippen molar-refractivity contribution in [1.82, 2.24) is 14.9 Å². The van der Waals surface area contributed by atoms with Crippen LogP contribution in [0.4, 0.5) is 0 Å². The van der Waals surface area contributed by atoms with Gasteiger partial charge in [0, 0.05) is 13.0 Å². The molecule has 8 heteroatoms. The van der Waals surface area contributed by atoms with E-state index in [-0.39, 0.29) is 18.8 Å². The quantitative estimate of drug-likeness (QED) is 0.837. The maximum atomic E-state index is 12.6. The number of fused-ring (bicyclic) bond motifs is 2. The average Bonchev–Trinajstić information content (AvgIpc) is 3.10. The molecular formula is C19H21N3O5. The minimum Gasteiger partial charge on any atom is -0.501 e. The molecule has 2 N–H and O–H groups in total. The van der Waals surface area contributed by atoms with Crippen molar-refractivity contribution in [3.8, 4) is 11.5 Å². The lowest BCUT2D eigenvalue weighted by Gasteiger charge is -2.32. The first-order valence-electron chi connectivity index (χ1n) is 8.88. The molecule has 3 heterocycles. The summed E-state index contributed by atoms with van der Waals surface area (Å²) in [7, 11) is 0. The molecule has 2 aromatic rings. The summed E-state index contributed by atoms with van der Waals surface area (Å²) in [5.74, 6) is -0.0480. The molecule has 2 aliphatic heterocycles. The summed E-state index contributed by atoms with van der Waals surface area (Å²) in [6.07, 6.45) is 0.843. The number of aromatic nitrogens is 2. The lowest BCUT2D eigenvalue weighted by Crippen LogP contribution is -2.42. The number of carbonyl (C=O) groups is 1. The summed E-state index contributed by atoms with van der Waals surface area (Å²) >= 11 is 0. The van der Waals surface area contributed by atoms with Gasteiger partial charge in [0.05, 0.1) is 19.8 Å². The van der Waals surface area contributed by atoms with Gasteiger partial charge < -0.3 is 19.9 Å². The van der Waals surface area contributed by atoms with Gasteiger partial charge in [-0.25, -0.2) is 4.98 Å². The topological polar surface area (TPSA) is 103 Å². The van der Waals surface area contributed by atoms with Crippen LogP contribution < -0.4 is 15.6 Å². The van der Waals surface area contributed by atoms with Crippen LogP contribution in [0.1, 0.15) is 41.3 Å². The summed E-state index contributed by atoms with van der Waals surface area (Å²) in [5, 5.41) is 12.9. The molecule has 1 amide bonds. The van der Waals surface area contributed by atoms with Crippen molar-refractivity contribution in [3.63, 3.8) is 0 Å². The number of rotatable bonds is 3. The molecule has 4 rings (SSSR count). The number of nitrogens with one attached hydrogen (secondary N) is 1. The van der Waals surface area contributed by atoms with Crippen LogP contribution in [0.15, 0.2) is 23.0 Å². The fourth-order valence-electron chi connectivity index (χ4n) is 3.44. The van der Waals surface area contributed by atoms with Crippen LogP contribution in [0.2, 0.25) is 0 Å². The molecule has 0 aliphatic carbocycles. The van der Waals surface area contributed by atoms with E-state index in [9.17, 15) is 14.7 Å². The summed E-state index contributed by atoms with van der Waals surface area (Å²) in [5.41, 5.74) is 0.282. The van der Waals surface area contributed by atoms with Crippen molar-refractivity contribution in [2.45, 2.75) is 39.0 Å². The summed E-state index contributed by atoms with van der Waals surface area (Å²) in [4.78, 5) is 29.3. The number of ether oxygens (including phenoxy) is 2. The van der Waals surface area contributed by atoms with E-state index in [1.54, 1.807) is 13.8 Å². The second kappa shape index (κ2) is 6.38. The standard InChI is InChI=1S/C19H21N3O5/c1-19(2)18-21-14(15(23)17(25)22(18)6-8-27-19)16(24)20-10-11-3-4-13-12(9-11)5-7-26-13/h3-4,9,23H,5-8,10H2,1-2H3,(H,20,24). The molecule has 0 radical (unpaired) electrons. The Labute approximate surface area is 155 Å². The summed E-state index contributed by atoms with van der Waals surface area (Å²) < 4.78 is 12.5. The molecule has 0 saturated heterocycles. The first-order chi connectivity index (χ1) is 12.9. The fourth-order valence-corrected chi connectivity index (χ4v) is 3.44. The number of hydrogen-bond donors (Lipinski definition) is 2. The van der Waals surface area contributed by atoms with Crippen LogP contribution in [0, 0.1) is 0 Å². The molecular weight excluding hydrogens is 350 g/mol. The maximum Gasteiger partial charge on any atom is 0.296 e. The van der Waals surface area contributed by atoms with Gasteiger partial charge in [0.25, 0.3) is 11.5 Å². The molecule has 142 valence electrons. The lowest BCUT2D eigenvalue weighted by molar-refractivity contribution is -0.0566. The van der Waals surface area contributed by atoms with Crippen LogP contribution in [-0.4, -0.2) is 33.8 Å². The van der Waals surface area contributed by atoms with Gasteiger partial charge in [-0.1, -0.05) is 12.1 Å². The molecule has 2 aliphatic rings. The molecule has 0 saturated carbocycles. The highest BCUT2D eigenvalue weighted by atomic mass is 16.5. The zero-order valence-corrected chi connectivity index (χ0v) is 15.2. The molecule has 0 bridgehead atoms. The maximum absolute atomic E-state index is 12.6. The Morgan fingerprint density at radius 3 is 3.00 bits per heavy atom. The van der Waals surface area contributed by atoms with Gasteiger partial charge in [0.2, 0.25) is 5.75 Å². The van der Waals surface area contributed by atoms with Gasteiger partial charge >= 0.3 is 0 Å². The Morgan fingerprint density at radius 1 is 1.37 bits per heavy atom. The number of hydrogen-bond acceptors (Lipinski definition) is 6. The van der Waals surface area contributed by atoms with Crippen molar-refractivity contribution >= 4 is 5.91 Å². The Bertz CT molecular complexity index is 980. The SMILES string of the molecule is CC1(C)OCCn2c1nc(C(=O)NCc1ccc3c(c1)CCO3)c(O)c2=O. The first-order valence-corrected chi connectivity index (χ1v) is 8.88. The van der Waals surface area contributed by atoms with Crippen molar-refractivity contribution < 1.29 is 19.4 Å². The van der Waals surface area contributed by atoms with Gasteiger partial charge in [-0.3, -0.25) is 14.2 Å². The Balaban J connectivity index is 1.59. The van der Waals surface area contributed by atoms with Gasteiger partial charge in [0.1, 0.15) is 17.2 Å². The molecule has 0 unspecified atom stereocenters. The van der Waals surface area contributed by atoms with Gasteiger partial charge in [0.15, 0.2) is 5.69 Å². The largest absolute Gasteiger partial charge is 0.501 e. The van der Waals surface area contributed by atoms with Crippen LogP contribution in [0.3, 0.4) is 0 Å². The third-order valence-corrected chi connectivity index (χ3v) is 4.88. The van der Waals surface area contributed by atoms with Gasteiger partial charge in [-0.2, -0.15) is 0 Å². The van der Waals surface area contributed by atoms with Gasteiger partial charge in [-0.15, -0.1) is 0 Å². The predicted octanol–water partition coefficient (Wildman–Crippen LogP) is 1.08. The molecule has 0 fully saturated rings. The van der Waals surface area contributed by atoms with Gasteiger partial charge in [-0.05, 0) is 31.0 Å². The normalized spacial score (nSPS) is 17.0. The van der Waals surface area contributed by atoms with Crippen LogP contribution in [-0.2, 0) is 29.8 Å². The summed E-state index contributed by atoms with van der Waals surface area (Å²) in [6.45, 7) is 5.10. The Hall–Kier alpha value is -2.87. The lowest BCUT2D eigenvalue weighted by atomic mass is 10.1. The fraction of sp³-hybridized carbons (Fsp3) is 0.421. The van der Waals surface area contributed by atoms with E-state index in [1.807, 2.05) is 18.2 Å². The second-order valence-electron chi connectivity index (χ2n) is 7.17. The molecule has 1 aromatic carbocycles. The predicted molar refractivity (Wildman–Crippen MR) is 96.0 cm³/mol. The highest BCUT2D eigenvalue weighted by Gasteiger charge is 2.34. The molecule has 1 aromatic heterocycles. The zero-order chi connectivity index (χ0) is 19.2. The number of amides is 1. The molecule has 0 atom stereocenters. The zero-order valence-electron chi connectivity index (χ0n) is 15.2. The van der Waals surface area contributed by atoms with Crippen molar-refractivity contribution in [2.24, 2.45) is 0 Å². The van der Waals surface area contributed by atoms with Crippen molar-refractivity contribution in [1.29, 1.82) is 0 Å². The average molecular weight is 371 g/mol. The van der Waals surface area contributed by atoms with E-state index in [2.05, 4.69) is 10.3 Å². The Morgan fingerprint density at radius 2 is 2.19 bits per heavy atom. The molecule has 27 heavy (non-hydrogen) atoms. The second-order valence-corrected chi connectivity index (χ2v) is 7.17. The number of nitrogens with zero attached hydrogens (tertiary/aromatic N) is 2. The van der Waals surface area contributed by atoms with E-state index in [1.165, 1.54) is 4.57 Å². The smallest absolute Gasteiger partial charge is 0.296 e. The van der Waals surface area contributed by atoms with Crippen molar-refractivity contribution in [3.05, 3.63) is 51.2 Å². The van der Waals surface area contributed by atoms with E-state index in [0.29, 0.717) is 19.0 Å². The third-order valence-electron chi connectivity index (χ3n) is 4.88. The van der Waals surface area contributed by atoms with E-state index >= 15 is 0 Å². The van der Waals surface area contributed by atoms with Crippen LogP contribution in [0.5, 0.6) is 11.5 Å². The number of benzene rings is 1. The highest BCUT2D eigenvalue weighted by Crippen LogP contribution is 2.28. The highest BCUT2D eigenvalue weighted by molar-refractivity contribution is 5.94.